The Kier molecular flexibility index (Phi) is 8.01. The summed E-state index contributed by atoms with van der Waals surface area (Å²) in [6.07, 6.45) is 9.20. The molecule has 0 saturated heterocycles. The molecule has 2 heteroatoms. The predicted molar refractivity (Wildman–Crippen MR) is 236 cm³/mol. The normalized spacial score (nSPS) is 17.8. The Hall–Kier alpha value is -6.38. The fourth-order valence-electron chi connectivity index (χ4n) is 9.79. The van der Waals surface area contributed by atoms with Gasteiger partial charge in [-0.3, -0.25) is 0 Å². The second kappa shape index (κ2) is 13.1. The molecule has 0 aliphatic heterocycles. The molecule has 0 bridgehead atoms. The van der Waals surface area contributed by atoms with E-state index in [1.54, 1.807) is 0 Å². The highest BCUT2D eigenvalue weighted by Crippen LogP contribution is 2.54. The third-order valence-electron chi connectivity index (χ3n) is 12.8. The van der Waals surface area contributed by atoms with E-state index in [0.29, 0.717) is 11.8 Å². The van der Waals surface area contributed by atoms with Gasteiger partial charge in [-0.25, -0.2) is 0 Å². The number of hydrogen-bond donors (Lipinski definition) is 0. The van der Waals surface area contributed by atoms with Gasteiger partial charge >= 0.3 is 0 Å². The minimum atomic E-state index is -0.0682. The maximum atomic E-state index is 2.44. The number of anilines is 6. The van der Waals surface area contributed by atoms with Crippen LogP contribution in [0, 0.1) is 5.92 Å². The Morgan fingerprint density at radius 1 is 0.393 bits per heavy atom. The second-order valence-corrected chi connectivity index (χ2v) is 16.7. The van der Waals surface area contributed by atoms with Crippen LogP contribution in [-0.4, -0.2) is 0 Å². The van der Waals surface area contributed by atoms with Crippen molar-refractivity contribution in [3.05, 3.63) is 216 Å². The van der Waals surface area contributed by atoms with Crippen LogP contribution in [-0.2, 0) is 10.8 Å². The molecule has 0 fully saturated rings. The lowest BCUT2D eigenvalue weighted by Gasteiger charge is -2.30. The average Bonchev–Trinajstić information content (AvgIpc) is 3.61. The largest absolute Gasteiger partial charge is 0.310 e. The molecule has 3 aliphatic rings. The minimum absolute atomic E-state index is 0.0503. The van der Waals surface area contributed by atoms with E-state index in [2.05, 4.69) is 232 Å². The van der Waals surface area contributed by atoms with E-state index < -0.39 is 0 Å². The maximum absolute atomic E-state index is 2.44. The minimum Gasteiger partial charge on any atom is -0.310 e. The van der Waals surface area contributed by atoms with Gasteiger partial charge in [0.05, 0.1) is 0 Å². The molecule has 0 heterocycles. The molecule has 0 spiro atoms. The van der Waals surface area contributed by atoms with Crippen molar-refractivity contribution in [1.29, 1.82) is 0 Å². The van der Waals surface area contributed by atoms with Gasteiger partial charge in [-0.15, -0.1) is 0 Å². The van der Waals surface area contributed by atoms with Gasteiger partial charge < -0.3 is 9.80 Å². The van der Waals surface area contributed by atoms with E-state index in [-0.39, 0.29) is 10.8 Å². The number of nitrogens with zero attached hydrogens (tertiary/aromatic N) is 2. The number of allylic oxidation sites excluding steroid dienone is 4. The van der Waals surface area contributed by atoms with Gasteiger partial charge in [0.2, 0.25) is 0 Å². The molecule has 7 aromatic carbocycles. The van der Waals surface area contributed by atoms with E-state index in [1.807, 2.05) is 0 Å². The molecule has 2 unspecified atom stereocenters. The van der Waals surface area contributed by atoms with Crippen LogP contribution in [0.25, 0.3) is 22.3 Å². The van der Waals surface area contributed by atoms with Crippen molar-refractivity contribution in [2.75, 3.05) is 9.80 Å². The Morgan fingerprint density at radius 3 is 1.46 bits per heavy atom. The van der Waals surface area contributed by atoms with E-state index in [1.165, 1.54) is 50.2 Å². The summed E-state index contributed by atoms with van der Waals surface area (Å²) in [6.45, 7) is 9.50. The predicted octanol–water partition coefficient (Wildman–Crippen LogP) is 14.7. The zero-order valence-corrected chi connectivity index (χ0v) is 32.5. The third kappa shape index (κ3) is 5.46. The summed E-state index contributed by atoms with van der Waals surface area (Å²) >= 11 is 0. The monoisotopic (exact) mass is 722 g/mol. The summed E-state index contributed by atoms with van der Waals surface area (Å²) in [4.78, 5) is 4.77. The zero-order chi connectivity index (χ0) is 38.0. The van der Waals surface area contributed by atoms with Crippen LogP contribution in [0.2, 0.25) is 0 Å². The number of fused-ring (bicyclic) bond motifs is 6. The molecular formula is C54H46N2. The molecule has 56 heavy (non-hydrogen) atoms. The quantitative estimate of drug-likeness (QED) is 0.162. The molecule has 2 nitrogen and oxygen atoms in total. The van der Waals surface area contributed by atoms with Gasteiger partial charge in [-0.05, 0) is 129 Å². The molecule has 272 valence electrons. The first-order valence-electron chi connectivity index (χ1n) is 19.9. The first kappa shape index (κ1) is 34.1. The Bertz CT molecular complexity index is 2630. The molecule has 0 N–H and O–H groups in total. The lowest BCUT2D eigenvalue weighted by atomic mass is 9.74. The van der Waals surface area contributed by atoms with Gasteiger partial charge in [0.15, 0.2) is 0 Å². The van der Waals surface area contributed by atoms with Crippen LogP contribution in [0.5, 0.6) is 0 Å². The summed E-state index contributed by atoms with van der Waals surface area (Å²) in [6, 6.07) is 62.5. The molecule has 7 aromatic rings. The molecule has 0 radical (unpaired) electrons. The standard InChI is InChI=1S/C54H46N2/c1-53(2)49-21-13-11-19-45(49)47-33-31-43(35-51(47)53)55(39-15-7-5-8-16-39)41-27-23-37(24-28-41)38-25-29-42(30-26-38)56(40-17-9-6-10-18-40)44-32-34-48-46-20-12-14-22-50(46)54(3,4)52(48)36-44/h5-36,45,49H,1-4H3. The van der Waals surface area contributed by atoms with Gasteiger partial charge in [0, 0.05) is 45.5 Å². The average molecular weight is 723 g/mol. The van der Waals surface area contributed by atoms with Gasteiger partial charge in [0.1, 0.15) is 0 Å². The number of hydrogen-bond acceptors (Lipinski definition) is 2. The van der Waals surface area contributed by atoms with Crippen molar-refractivity contribution < 1.29 is 0 Å². The first-order chi connectivity index (χ1) is 27.3. The van der Waals surface area contributed by atoms with Crippen LogP contribution < -0.4 is 9.80 Å². The summed E-state index contributed by atoms with van der Waals surface area (Å²) in [5.74, 6) is 0.917. The van der Waals surface area contributed by atoms with E-state index >= 15 is 0 Å². The maximum Gasteiger partial charge on any atom is 0.0465 e. The molecule has 2 atom stereocenters. The highest BCUT2D eigenvalue weighted by atomic mass is 15.1. The van der Waals surface area contributed by atoms with Gasteiger partial charge in [-0.2, -0.15) is 0 Å². The van der Waals surface area contributed by atoms with Gasteiger partial charge in [-0.1, -0.05) is 149 Å². The van der Waals surface area contributed by atoms with Crippen molar-refractivity contribution in [3.8, 4) is 22.3 Å². The summed E-state index contributed by atoms with van der Waals surface area (Å²) < 4.78 is 0. The number of para-hydroxylation sites is 2. The smallest absolute Gasteiger partial charge is 0.0465 e. The van der Waals surface area contributed by atoms with Crippen molar-refractivity contribution in [1.82, 2.24) is 0 Å². The van der Waals surface area contributed by atoms with Crippen LogP contribution in [0.4, 0.5) is 34.1 Å². The van der Waals surface area contributed by atoms with Crippen molar-refractivity contribution >= 4 is 34.1 Å². The fraction of sp³-hybridized carbons (Fsp3) is 0.148. The summed E-state index contributed by atoms with van der Waals surface area (Å²) in [7, 11) is 0. The van der Waals surface area contributed by atoms with E-state index in [9.17, 15) is 0 Å². The van der Waals surface area contributed by atoms with Crippen molar-refractivity contribution in [2.45, 2.75) is 44.4 Å². The molecule has 0 saturated carbocycles. The Morgan fingerprint density at radius 2 is 0.857 bits per heavy atom. The second-order valence-electron chi connectivity index (χ2n) is 16.7. The van der Waals surface area contributed by atoms with Crippen LogP contribution in [0.3, 0.4) is 0 Å². The molecule has 0 aromatic heterocycles. The third-order valence-corrected chi connectivity index (χ3v) is 12.8. The van der Waals surface area contributed by atoms with Crippen LogP contribution in [0.1, 0.15) is 55.9 Å². The molecule has 0 amide bonds. The Balaban J connectivity index is 0.979. The number of rotatable bonds is 7. The van der Waals surface area contributed by atoms with Crippen LogP contribution >= 0.6 is 0 Å². The SMILES string of the molecule is CC1(C)c2ccccc2-c2ccc(N(c3ccccc3)c3ccc(-c4ccc(N(c5ccccc5)c5ccc6c(c5)C(C)(C)C5C=CC=CC65)cc4)cc3)cc21. The highest BCUT2D eigenvalue weighted by Gasteiger charge is 2.44. The summed E-state index contributed by atoms with van der Waals surface area (Å²) in [5.41, 5.74) is 17.6. The molecule has 10 rings (SSSR count). The number of benzene rings is 7. The summed E-state index contributed by atoms with van der Waals surface area (Å²) in [5, 5.41) is 0. The van der Waals surface area contributed by atoms with Crippen LogP contribution in [0.15, 0.2) is 194 Å². The molecular weight excluding hydrogens is 677 g/mol. The van der Waals surface area contributed by atoms with Gasteiger partial charge in [0.25, 0.3) is 0 Å². The zero-order valence-electron chi connectivity index (χ0n) is 32.5. The van der Waals surface area contributed by atoms with Crippen molar-refractivity contribution in [2.24, 2.45) is 5.92 Å². The molecule has 3 aliphatic carbocycles. The Labute approximate surface area is 331 Å². The topological polar surface area (TPSA) is 6.48 Å². The first-order valence-corrected chi connectivity index (χ1v) is 19.9. The lowest BCUT2D eigenvalue weighted by Crippen LogP contribution is -2.24. The van der Waals surface area contributed by atoms with E-state index in [4.69, 9.17) is 0 Å². The fourth-order valence-corrected chi connectivity index (χ4v) is 9.79. The van der Waals surface area contributed by atoms with E-state index in [0.717, 1.165) is 28.4 Å². The van der Waals surface area contributed by atoms with Crippen molar-refractivity contribution in [3.63, 3.8) is 0 Å². The highest BCUT2D eigenvalue weighted by molar-refractivity contribution is 5.86. The lowest BCUT2D eigenvalue weighted by molar-refractivity contribution is 0.394.